The smallest absolute Gasteiger partial charge is 0.353 e. The van der Waals surface area contributed by atoms with Crippen LogP contribution in [0.2, 0.25) is 0 Å². The van der Waals surface area contributed by atoms with Crippen LogP contribution in [0.25, 0.3) is 22.0 Å². The Labute approximate surface area is 186 Å². The predicted octanol–water partition coefficient (Wildman–Crippen LogP) is 5.85. The maximum Gasteiger partial charge on any atom is 0.353 e. The van der Waals surface area contributed by atoms with Crippen molar-refractivity contribution in [3.63, 3.8) is 0 Å². The average Bonchev–Trinajstić information content (AvgIpc) is 3.59. The van der Waals surface area contributed by atoms with Crippen molar-refractivity contribution in [3.8, 4) is 22.6 Å². The highest BCUT2D eigenvalue weighted by molar-refractivity contribution is 6.08. The quantitative estimate of drug-likeness (QED) is 0.383. The molecule has 5 heteroatoms. The SMILES string of the molecule is COc1cccc(Cn2c(C(=O)O)c(-c3cccc(OCC4CC4)c3)c3ccccc32)c1. The average molecular weight is 428 g/mol. The molecule has 1 aliphatic carbocycles. The molecule has 1 saturated carbocycles. The highest BCUT2D eigenvalue weighted by atomic mass is 16.5. The second kappa shape index (κ2) is 8.42. The van der Waals surface area contributed by atoms with E-state index in [9.17, 15) is 9.90 Å². The molecule has 5 rings (SSSR count). The lowest BCUT2D eigenvalue weighted by Crippen LogP contribution is -2.10. The fourth-order valence-electron chi connectivity index (χ4n) is 4.18. The zero-order valence-electron chi connectivity index (χ0n) is 18.0. The molecule has 1 aliphatic rings. The molecule has 0 unspecified atom stereocenters. The zero-order valence-corrected chi connectivity index (χ0v) is 18.0. The second-order valence-electron chi connectivity index (χ2n) is 8.27. The van der Waals surface area contributed by atoms with Gasteiger partial charge in [-0.15, -0.1) is 0 Å². The number of fused-ring (bicyclic) bond motifs is 1. The summed E-state index contributed by atoms with van der Waals surface area (Å²) in [5.74, 6) is 1.22. The summed E-state index contributed by atoms with van der Waals surface area (Å²) in [6.45, 7) is 1.14. The van der Waals surface area contributed by atoms with Gasteiger partial charge in [-0.1, -0.05) is 42.5 Å². The number of hydrogen-bond acceptors (Lipinski definition) is 3. The third kappa shape index (κ3) is 3.94. The van der Waals surface area contributed by atoms with Gasteiger partial charge in [0, 0.05) is 23.0 Å². The van der Waals surface area contributed by atoms with Crippen LogP contribution in [0.4, 0.5) is 0 Å². The Morgan fingerprint density at radius 3 is 2.56 bits per heavy atom. The molecule has 0 aliphatic heterocycles. The van der Waals surface area contributed by atoms with E-state index >= 15 is 0 Å². The van der Waals surface area contributed by atoms with Crippen molar-refractivity contribution >= 4 is 16.9 Å². The van der Waals surface area contributed by atoms with Crippen LogP contribution < -0.4 is 9.47 Å². The summed E-state index contributed by atoms with van der Waals surface area (Å²) in [6, 6.07) is 23.3. The molecule has 1 heterocycles. The van der Waals surface area contributed by atoms with Crippen LogP contribution in [0.1, 0.15) is 28.9 Å². The fraction of sp³-hybridized carbons (Fsp3) is 0.222. The van der Waals surface area contributed by atoms with Gasteiger partial charge in [0.15, 0.2) is 0 Å². The van der Waals surface area contributed by atoms with E-state index in [2.05, 4.69) is 0 Å². The molecular weight excluding hydrogens is 402 g/mol. The molecule has 1 N–H and O–H groups in total. The number of benzene rings is 3. The van der Waals surface area contributed by atoms with E-state index in [0.29, 0.717) is 24.6 Å². The van der Waals surface area contributed by atoms with Crippen LogP contribution in [0, 0.1) is 5.92 Å². The van der Waals surface area contributed by atoms with Crippen LogP contribution in [-0.4, -0.2) is 29.4 Å². The van der Waals surface area contributed by atoms with Crippen LogP contribution in [0.15, 0.2) is 72.8 Å². The Morgan fingerprint density at radius 1 is 1.00 bits per heavy atom. The largest absolute Gasteiger partial charge is 0.497 e. The van der Waals surface area contributed by atoms with E-state index in [4.69, 9.17) is 9.47 Å². The number of nitrogens with zero attached hydrogens (tertiary/aromatic N) is 1. The molecule has 0 amide bonds. The first kappa shape index (κ1) is 20.2. The second-order valence-corrected chi connectivity index (χ2v) is 8.27. The minimum atomic E-state index is -0.955. The number of rotatable bonds is 8. The topological polar surface area (TPSA) is 60.7 Å². The van der Waals surface area contributed by atoms with Crippen molar-refractivity contribution in [2.75, 3.05) is 13.7 Å². The Morgan fingerprint density at radius 2 is 1.78 bits per heavy atom. The van der Waals surface area contributed by atoms with E-state index in [1.54, 1.807) is 7.11 Å². The van der Waals surface area contributed by atoms with Gasteiger partial charge >= 0.3 is 5.97 Å². The maximum absolute atomic E-state index is 12.5. The Bertz CT molecular complexity index is 1290. The molecule has 0 saturated heterocycles. The monoisotopic (exact) mass is 427 g/mol. The predicted molar refractivity (Wildman–Crippen MR) is 125 cm³/mol. The lowest BCUT2D eigenvalue weighted by Gasteiger charge is -2.11. The number of para-hydroxylation sites is 1. The van der Waals surface area contributed by atoms with Crippen LogP contribution in [0.5, 0.6) is 11.5 Å². The van der Waals surface area contributed by atoms with E-state index in [1.807, 2.05) is 77.4 Å². The molecule has 3 aromatic carbocycles. The number of ether oxygens (including phenoxy) is 2. The lowest BCUT2D eigenvalue weighted by molar-refractivity contribution is 0.0687. The molecule has 5 nitrogen and oxygen atoms in total. The molecule has 32 heavy (non-hydrogen) atoms. The van der Waals surface area contributed by atoms with E-state index < -0.39 is 5.97 Å². The first-order valence-corrected chi connectivity index (χ1v) is 10.8. The number of carboxylic acid groups (broad SMARTS) is 1. The van der Waals surface area contributed by atoms with Crippen LogP contribution in [-0.2, 0) is 6.54 Å². The summed E-state index contributed by atoms with van der Waals surface area (Å²) in [5, 5.41) is 11.2. The van der Waals surface area contributed by atoms with Gasteiger partial charge in [0.25, 0.3) is 0 Å². The minimum absolute atomic E-state index is 0.272. The summed E-state index contributed by atoms with van der Waals surface area (Å²) < 4.78 is 13.2. The number of carbonyl (C=O) groups is 1. The molecule has 1 fully saturated rings. The third-order valence-electron chi connectivity index (χ3n) is 5.95. The first-order chi connectivity index (χ1) is 15.6. The standard InChI is InChI=1S/C27H25NO4/c1-31-21-8-4-6-19(14-21)16-28-24-11-3-2-10-23(24)25(26(28)27(29)30)20-7-5-9-22(15-20)32-17-18-12-13-18/h2-11,14-15,18H,12-13,16-17H2,1H3,(H,29,30). The summed E-state index contributed by atoms with van der Waals surface area (Å²) in [5.41, 5.74) is 3.69. The highest BCUT2D eigenvalue weighted by Crippen LogP contribution is 2.37. The van der Waals surface area contributed by atoms with Crippen molar-refractivity contribution in [1.29, 1.82) is 0 Å². The number of carboxylic acids is 1. The van der Waals surface area contributed by atoms with Gasteiger partial charge < -0.3 is 19.1 Å². The first-order valence-electron chi connectivity index (χ1n) is 10.8. The Hall–Kier alpha value is -3.73. The Kier molecular flexibility index (Phi) is 5.31. The molecule has 0 atom stereocenters. The number of aromatic carboxylic acids is 1. The van der Waals surface area contributed by atoms with Crippen molar-refractivity contribution in [3.05, 3.63) is 84.1 Å². The molecule has 4 aromatic rings. The van der Waals surface area contributed by atoms with Crippen molar-refractivity contribution in [2.45, 2.75) is 19.4 Å². The van der Waals surface area contributed by atoms with Gasteiger partial charge in [-0.05, 0) is 60.2 Å². The number of methoxy groups -OCH3 is 1. The normalized spacial score (nSPS) is 13.3. The highest BCUT2D eigenvalue weighted by Gasteiger charge is 2.25. The Balaban J connectivity index is 1.63. The van der Waals surface area contributed by atoms with Crippen LogP contribution in [0.3, 0.4) is 0 Å². The van der Waals surface area contributed by atoms with Crippen molar-refractivity contribution < 1.29 is 19.4 Å². The molecular formula is C27H25NO4. The van der Waals surface area contributed by atoms with Crippen LogP contribution >= 0.6 is 0 Å². The van der Waals surface area contributed by atoms with Crippen molar-refractivity contribution in [2.24, 2.45) is 5.92 Å². The molecule has 162 valence electrons. The van der Waals surface area contributed by atoms with Gasteiger partial charge in [-0.3, -0.25) is 0 Å². The molecule has 0 bridgehead atoms. The zero-order chi connectivity index (χ0) is 22.1. The summed E-state index contributed by atoms with van der Waals surface area (Å²) in [6.07, 6.45) is 2.45. The third-order valence-corrected chi connectivity index (χ3v) is 5.95. The summed E-state index contributed by atoms with van der Waals surface area (Å²) in [4.78, 5) is 12.5. The molecule has 0 radical (unpaired) electrons. The van der Waals surface area contributed by atoms with E-state index in [-0.39, 0.29) is 5.69 Å². The van der Waals surface area contributed by atoms with Gasteiger partial charge in [0.1, 0.15) is 17.2 Å². The summed E-state index contributed by atoms with van der Waals surface area (Å²) in [7, 11) is 1.63. The number of aromatic nitrogens is 1. The lowest BCUT2D eigenvalue weighted by atomic mass is 10.0. The van der Waals surface area contributed by atoms with Gasteiger partial charge in [0.2, 0.25) is 0 Å². The molecule has 0 spiro atoms. The van der Waals surface area contributed by atoms with E-state index in [1.165, 1.54) is 12.8 Å². The van der Waals surface area contributed by atoms with Crippen molar-refractivity contribution in [1.82, 2.24) is 4.57 Å². The maximum atomic E-state index is 12.5. The van der Waals surface area contributed by atoms with E-state index in [0.717, 1.165) is 33.5 Å². The fourth-order valence-corrected chi connectivity index (χ4v) is 4.18. The van der Waals surface area contributed by atoms with Gasteiger partial charge in [0.05, 0.1) is 13.7 Å². The number of hydrogen-bond donors (Lipinski definition) is 1. The minimum Gasteiger partial charge on any atom is -0.497 e. The van der Waals surface area contributed by atoms with Gasteiger partial charge in [-0.25, -0.2) is 4.79 Å². The van der Waals surface area contributed by atoms with Gasteiger partial charge in [-0.2, -0.15) is 0 Å². The molecule has 1 aromatic heterocycles. The summed E-state index contributed by atoms with van der Waals surface area (Å²) >= 11 is 0.